The van der Waals surface area contributed by atoms with Crippen LogP contribution >= 0.6 is 0 Å². The minimum Gasteiger partial charge on any atom is -0.480 e. The van der Waals surface area contributed by atoms with Crippen LogP contribution in [0.1, 0.15) is 13.8 Å². The molecule has 2 aromatic rings. The van der Waals surface area contributed by atoms with E-state index in [2.05, 4.69) is 10.3 Å². The predicted molar refractivity (Wildman–Crippen MR) is 92.7 cm³/mol. The van der Waals surface area contributed by atoms with E-state index in [0.717, 1.165) is 4.57 Å². The Hall–Kier alpha value is -3.16. The predicted octanol–water partition coefficient (Wildman–Crippen LogP) is 0.718. The van der Waals surface area contributed by atoms with E-state index in [0.29, 0.717) is 5.56 Å². The van der Waals surface area contributed by atoms with Gasteiger partial charge in [-0.15, -0.1) is 0 Å². The van der Waals surface area contributed by atoms with Crippen molar-refractivity contribution < 1.29 is 14.7 Å². The Kier molecular flexibility index (Phi) is 5.53. The van der Waals surface area contributed by atoms with Gasteiger partial charge in [0.15, 0.2) is 0 Å². The molecule has 0 unspecified atom stereocenters. The third-order valence-corrected chi connectivity index (χ3v) is 3.66. The van der Waals surface area contributed by atoms with Gasteiger partial charge in [0, 0.05) is 5.56 Å². The highest BCUT2D eigenvalue weighted by Crippen LogP contribution is 2.15. The second-order valence-electron chi connectivity index (χ2n) is 5.92. The molecule has 0 aliphatic rings. The van der Waals surface area contributed by atoms with E-state index in [1.807, 2.05) is 6.07 Å². The second-order valence-corrected chi connectivity index (χ2v) is 5.92. The van der Waals surface area contributed by atoms with Gasteiger partial charge in [-0.1, -0.05) is 44.2 Å². The number of rotatable bonds is 6. The van der Waals surface area contributed by atoms with E-state index in [-0.39, 0.29) is 24.0 Å². The maximum Gasteiger partial charge on any atom is 0.326 e. The third kappa shape index (κ3) is 4.23. The summed E-state index contributed by atoms with van der Waals surface area (Å²) in [5, 5.41) is 11.6. The normalized spacial score (nSPS) is 12.0. The summed E-state index contributed by atoms with van der Waals surface area (Å²) in [7, 11) is 0. The number of carbonyl (C=O) groups excluding carboxylic acids is 1. The van der Waals surface area contributed by atoms with Crippen LogP contribution in [0.2, 0.25) is 0 Å². The molecule has 0 spiro atoms. The Labute approximate surface area is 144 Å². The van der Waals surface area contributed by atoms with Crippen LogP contribution in [0.5, 0.6) is 0 Å². The zero-order chi connectivity index (χ0) is 18.6. The third-order valence-electron chi connectivity index (χ3n) is 3.66. The molecule has 0 fully saturated rings. The Bertz CT molecular complexity index is 830. The molecule has 132 valence electrons. The number of anilines is 1. The van der Waals surface area contributed by atoms with Crippen molar-refractivity contribution in [2.24, 2.45) is 5.92 Å². The molecule has 1 heterocycles. The van der Waals surface area contributed by atoms with Gasteiger partial charge in [0.2, 0.25) is 5.91 Å². The van der Waals surface area contributed by atoms with Crippen molar-refractivity contribution in [2.75, 3.05) is 5.73 Å². The molecule has 0 bridgehead atoms. The number of nitrogens with zero attached hydrogens (tertiary/aromatic N) is 2. The standard InChI is InChI=1S/C17H20N4O4/c1-10(2)14(17(24)25)20-13(22)9-21-15(11-6-4-3-5-7-11)19-8-12(18)16(21)23/h3-8,10,14H,9,18H2,1-2H3,(H,20,22)(H,24,25)/t14-/m0/s1. The molecule has 1 atom stereocenters. The number of carboxylic acids is 1. The fraction of sp³-hybridized carbons (Fsp3) is 0.294. The number of nitrogen functional groups attached to an aromatic ring is 1. The van der Waals surface area contributed by atoms with Gasteiger partial charge < -0.3 is 16.2 Å². The van der Waals surface area contributed by atoms with Gasteiger partial charge in [-0.25, -0.2) is 9.78 Å². The molecular formula is C17H20N4O4. The minimum absolute atomic E-state index is 0.0916. The van der Waals surface area contributed by atoms with Crippen molar-refractivity contribution >= 4 is 17.6 Å². The first kappa shape index (κ1) is 18.2. The summed E-state index contributed by atoms with van der Waals surface area (Å²) in [5.74, 6) is -1.76. The summed E-state index contributed by atoms with van der Waals surface area (Å²) >= 11 is 0. The molecular weight excluding hydrogens is 324 g/mol. The number of amides is 1. The lowest BCUT2D eigenvalue weighted by Gasteiger charge is -2.19. The van der Waals surface area contributed by atoms with Crippen LogP contribution in [0.4, 0.5) is 5.69 Å². The molecule has 0 saturated heterocycles. The number of hydrogen-bond acceptors (Lipinski definition) is 5. The molecule has 0 radical (unpaired) electrons. The highest BCUT2D eigenvalue weighted by atomic mass is 16.4. The first-order valence-corrected chi connectivity index (χ1v) is 7.74. The fourth-order valence-electron chi connectivity index (χ4n) is 2.35. The number of carboxylic acid groups (broad SMARTS) is 1. The molecule has 25 heavy (non-hydrogen) atoms. The molecule has 4 N–H and O–H groups in total. The zero-order valence-electron chi connectivity index (χ0n) is 14.0. The van der Waals surface area contributed by atoms with Crippen molar-refractivity contribution in [1.82, 2.24) is 14.9 Å². The van der Waals surface area contributed by atoms with Crippen molar-refractivity contribution in [2.45, 2.75) is 26.4 Å². The van der Waals surface area contributed by atoms with Crippen molar-refractivity contribution in [3.63, 3.8) is 0 Å². The average Bonchev–Trinajstić information content (AvgIpc) is 2.57. The molecule has 0 aliphatic carbocycles. The lowest BCUT2D eigenvalue weighted by Crippen LogP contribution is -2.46. The Balaban J connectivity index is 2.36. The number of benzene rings is 1. The minimum atomic E-state index is -1.13. The van der Waals surface area contributed by atoms with Gasteiger partial charge in [-0.05, 0) is 5.92 Å². The molecule has 8 heteroatoms. The van der Waals surface area contributed by atoms with Crippen LogP contribution < -0.4 is 16.6 Å². The molecule has 2 rings (SSSR count). The first-order chi connectivity index (χ1) is 11.8. The number of nitrogens with two attached hydrogens (primary N) is 1. The molecule has 8 nitrogen and oxygen atoms in total. The van der Waals surface area contributed by atoms with E-state index >= 15 is 0 Å². The highest BCUT2D eigenvalue weighted by Gasteiger charge is 2.24. The highest BCUT2D eigenvalue weighted by molar-refractivity contribution is 5.84. The maximum absolute atomic E-state index is 12.4. The van der Waals surface area contributed by atoms with Crippen molar-refractivity contribution in [3.8, 4) is 11.4 Å². The maximum atomic E-state index is 12.4. The summed E-state index contributed by atoms with van der Waals surface area (Å²) < 4.78 is 1.14. The lowest BCUT2D eigenvalue weighted by molar-refractivity contribution is -0.143. The van der Waals surface area contributed by atoms with Gasteiger partial charge >= 0.3 is 5.97 Å². The van der Waals surface area contributed by atoms with E-state index in [9.17, 15) is 19.5 Å². The van der Waals surface area contributed by atoms with E-state index in [1.165, 1.54) is 6.20 Å². The summed E-state index contributed by atoms with van der Waals surface area (Å²) in [4.78, 5) is 40.0. The fourth-order valence-corrected chi connectivity index (χ4v) is 2.35. The van der Waals surface area contributed by atoms with Gasteiger partial charge in [-0.2, -0.15) is 0 Å². The van der Waals surface area contributed by atoms with Crippen molar-refractivity contribution in [3.05, 3.63) is 46.9 Å². The lowest BCUT2D eigenvalue weighted by atomic mass is 10.0. The quantitative estimate of drug-likeness (QED) is 0.708. The number of carbonyl (C=O) groups is 2. The van der Waals surface area contributed by atoms with Gasteiger partial charge in [-0.3, -0.25) is 14.2 Å². The van der Waals surface area contributed by atoms with Crippen LogP contribution in [0.15, 0.2) is 41.3 Å². The molecule has 0 aliphatic heterocycles. The van der Waals surface area contributed by atoms with Crippen LogP contribution in [-0.2, 0) is 16.1 Å². The molecule has 1 amide bonds. The Morgan fingerprint density at radius 3 is 2.48 bits per heavy atom. The SMILES string of the molecule is CC(C)[C@H](NC(=O)Cn1c(-c2ccccc2)ncc(N)c1=O)C(=O)O. The van der Waals surface area contributed by atoms with E-state index in [4.69, 9.17) is 5.73 Å². The smallest absolute Gasteiger partial charge is 0.326 e. The number of aliphatic carboxylic acids is 1. The Morgan fingerprint density at radius 2 is 1.92 bits per heavy atom. The molecule has 0 saturated carbocycles. The second kappa shape index (κ2) is 7.61. The van der Waals surface area contributed by atoms with Crippen LogP contribution in [0.3, 0.4) is 0 Å². The van der Waals surface area contributed by atoms with Gasteiger partial charge in [0.1, 0.15) is 24.1 Å². The van der Waals surface area contributed by atoms with Crippen molar-refractivity contribution in [1.29, 1.82) is 0 Å². The van der Waals surface area contributed by atoms with Crippen LogP contribution in [0, 0.1) is 5.92 Å². The topological polar surface area (TPSA) is 127 Å². The summed E-state index contributed by atoms with van der Waals surface area (Å²) in [6.45, 7) is 2.99. The zero-order valence-corrected chi connectivity index (χ0v) is 14.0. The van der Waals surface area contributed by atoms with Gasteiger partial charge in [0.05, 0.1) is 6.20 Å². The van der Waals surface area contributed by atoms with Gasteiger partial charge in [0.25, 0.3) is 5.56 Å². The summed E-state index contributed by atoms with van der Waals surface area (Å²) in [5.41, 5.74) is 5.62. The molecule has 1 aromatic carbocycles. The number of nitrogens with one attached hydrogen (secondary N) is 1. The first-order valence-electron chi connectivity index (χ1n) is 7.74. The largest absolute Gasteiger partial charge is 0.480 e. The summed E-state index contributed by atoms with van der Waals surface area (Å²) in [6.07, 6.45) is 1.24. The Morgan fingerprint density at radius 1 is 1.28 bits per heavy atom. The number of hydrogen-bond donors (Lipinski definition) is 3. The van der Waals surface area contributed by atoms with Crippen LogP contribution in [-0.4, -0.2) is 32.6 Å². The molecule has 1 aromatic heterocycles. The van der Waals surface area contributed by atoms with Crippen LogP contribution in [0.25, 0.3) is 11.4 Å². The van der Waals surface area contributed by atoms with E-state index < -0.39 is 23.5 Å². The van der Waals surface area contributed by atoms with E-state index in [1.54, 1.807) is 38.1 Å². The number of aromatic nitrogens is 2. The summed E-state index contributed by atoms with van der Waals surface area (Å²) in [6, 6.07) is 7.83. The monoisotopic (exact) mass is 344 g/mol. The average molecular weight is 344 g/mol.